The first kappa shape index (κ1) is 16.1. The number of nitrogens with two attached hydrogens (primary N) is 1. The molecule has 0 radical (unpaired) electrons. The van der Waals surface area contributed by atoms with Crippen LogP contribution < -0.4 is 10.5 Å². The molecule has 9 nitrogen and oxygen atoms in total. The maximum Gasteiger partial charge on any atom is 0.256 e. The smallest absolute Gasteiger partial charge is 0.256 e. The number of rotatable bonds is 4. The van der Waals surface area contributed by atoms with Gasteiger partial charge in [-0.3, -0.25) is 4.57 Å². The molecule has 1 fully saturated rings. The van der Waals surface area contributed by atoms with Crippen molar-refractivity contribution in [3.63, 3.8) is 0 Å². The highest BCUT2D eigenvalue weighted by Gasteiger charge is 2.57. The fourth-order valence-electron chi connectivity index (χ4n) is 2.43. The van der Waals surface area contributed by atoms with Crippen LogP contribution in [0.15, 0.2) is 6.33 Å². The highest BCUT2D eigenvalue weighted by Crippen LogP contribution is 2.45. The third-order valence-electron chi connectivity index (χ3n) is 3.50. The van der Waals surface area contributed by atoms with E-state index in [0.717, 1.165) is 0 Å². The average Bonchev–Trinajstić information content (AvgIpc) is 3.00. The Hall–Kier alpha value is -1.75. The number of hydrogen-bond acceptors (Lipinski definition) is 8. The Morgan fingerprint density at radius 3 is 2.91 bits per heavy atom. The Morgan fingerprint density at radius 2 is 2.30 bits per heavy atom. The summed E-state index contributed by atoms with van der Waals surface area (Å²) in [6.07, 6.45) is -3.12. The number of nitrogen functional groups attached to an aromatic ring is 1. The number of halogens is 2. The van der Waals surface area contributed by atoms with Gasteiger partial charge in [-0.2, -0.15) is 9.97 Å². The van der Waals surface area contributed by atoms with Gasteiger partial charge in [0.15, 0.2) is 17.4 Å². The molecular formula is C12H15ClFN5O4. The van der Waals surface area contributed by atoms with Crippen LogP contribution in [0.2, 0.25) is 0 Å². The largest absolute Gasteiger partial charge is 0.476 e. The molecule has 11 heteroatoms. The fraction of sp³-hybridized carbons (Fsp3) is 0.583. The van der Waals surface area contributed by atoms with Crippen molar-refractivity contribution < 1.29 is 24.1 Å². The highest BCUT2D eigenvalue weighted by molar-refractivity contribution is 6.23. The van der Waals surface area contributed by atoms with Gasteiger partial charge < -0.3 is 25.4 Å². The predicted molar refractivity (Wildman–Crippen MR) is 77.6 cm³/mol. The summed E-state index contributed by atoms with van der Waals surface area (Å²) >= 11 is 5.78. The van der Waals surface area contributed by atoms with Gasteiger partial charge >= 0.3 is 0 Å². The first-order valence-electron chi connectivity index (χ1n) is 6.85. The third-order valence-corrected chi connectivity index (χ3v) is 3.91. The molecule has 126 valence electrons. The fourth-order valence-corrected chi connectivity index (χ4v) is 2.73. The summed E-state index contributed by atoms with van der Waals surface area (Å²) in [7, 11) is 0. The van der Waals surface area contributed by atoms with Gasteiger partial charge in [-0.1, -0.05) is 11.6 Å². The van der Waals surface area contributed by atoms with Gasteiger partial charge in [-0.25, -0.2) is 9.37 Å². The number of nitrogens with zero attached hydrogens (tertiary/aromatic N) is 4. The van der Waals surface area contributed by atoms with E-state index in [0.29, 0.717) is 6.61 Å². The van der Waals surface area contributed by atoms with E-state index in [-0.39, 0.29) is 23.0 Å². The maximum atomic E-state index is 14.7. The molecule has 1 aliphatic heterocycles. The number of fused-ring (bicyclic) bond motifs is 1. The lowest BCUT2D eigenvalue weighted by atomic mass is 10.1. The monoisotopic (exact) mass is 347 g/mol. The first-order chi connectivity index (χ1) is 10.9. The molecule has 0 saturated carbocycles. The summed E-state index contributed by atoms with van der Waals surface area (Å²) in [6.45, 7) is 1.49. The topological polar surface area (TPSA) is 129 Å². The molecule has 3 rings (SSSR count). The second kappa shape index (κ2) is 5.71. The van der Waals surface area contributed by atoms with Crippen LogP contribution in [0.5, 0.6) is 5.88 Å². The quantitative estimate of drug-likeness (QED) is 0.657. The Morgan fingerprint density at radius 1 is 1.57 bits per heavy atom. The van der Waals surface area contributed by atoms with E-state index in [1.54, 1.807) is 6.92 Å². The summed E-state index contributed by atoms with van der Waals surface area (Å²) < 4.78 is 26.5. The maximum absolute atomic E-state index is 14.7. The lowest BCUT2D eigenvalue weighted by Crippen LogP contribution is -2.38. The van der Waals surface area contributed by atoms with Crippen molar-refractivity contribution in [3.05, 3.63) is 6.33 Å². The number of aliphatic hydroxyl groups is 2. The van der Waals surface area contributed by atoms with Gasteiger partial charge in [0.05, 0.1) is 19.5 Å². The second-order valence-corrected chi connectivity index (χ2v) is 5.55. The van der Waals surface area contributed by atoms with E-state index in [2.05, 4.69) is 15.0 Å². The average molecular weight is 348 g/mol. The van der Waals surface area contributed by atoms with E-state index in [1.165, 1.54) is 10.9 Å². The van der Waals surface area contributed by atoms with Gasteiger partial charge in [0, 0.05) is 0 Å². The van der Waals surface area contributed by atoms with Crippen molar-refractivity contribution in [3.8, 4) is 5.88 Å². The number of aliphatic hydroxyl groups excluding tert-OH is 2. The molecule has 0 amide bonds. The van der Waals surface area contributed by atoms with Crippen molar-refractivity contribution >= 4 is 28.7 Å². The standard InChI is InChI=1S/C12H15ClFN5O4/c1-2-22-9-6-8(17-11(15)18-9)19(4-16-6)10-12(13,14)7(21)5(3-20)23-10/h4-5,7,10,20-21H,2-3H2,1H3,(H2,15,17,18). The zero-order chi connectivity index (χ0) is 16.8. The lowest BCUT2D eigenvalue weighted by molar-refractivity contribution is -0.0482. The van der Waals surface area contributed by atoms with E-state index in [9.17, 15) is 9.50 Å². The van der Waals surface area contributed by atoms with Crippen LogP contribution in [0.1, 0.15) is 13.2 Å². The Balaban J connectivity index is 2.10. The van der Waals surface area contributed by atoms with Crippen LogP contribution in [0, 0.1) is 0 Å². The Labute approximate surface area is 134 Å². The van der Waals surface area contributed by atoms with Crippen molar-refractivity contribution in [2.75, 3.05) is 18.9 Å². The van der Waals surface area contributed by atoms with Crippen LogP contribution in [-0.2, 0) is 4.74 Å². The number of imidazole rings is 1. The molecule has 4 N–H and O–H groups in total. The summed E-state index contributed by atoms with van der Waals surface area (Å²) in [6, 6.07) is 0. The Kier molecular flexibility index (Phi) is 4.00. The van der Waals surface area contributed by atoms with Gasteiger partial charge in [0.25, 0.3) is 5.13 Å². The number of alkyl halides is 2. The molecule has 2 aromatic rings. The number of hydrogen-bond donors (Lipinski definition) is 3. The number of anilines is 1. The molecule has 1 saturated heterocycles. The molecule has 4 unspecified atom stereocenters. The van der Waals surface area contributed by atoms with Crippen molar-refractivity contribution in [1.82, 2.24) is 19.5 Å². The van der Waals surface area contributed by atoms with Crippen LogP contribution in [0.4, 0.5) is 10.3 Å². The number of ether oxygens (including phenoxy) is 2. The third kappa shape index (κ3) is 2.47. The van der Waals surface area contributed by atoms with Crippen molar-refractivity contribution in [1.29, 1.82) is 0 Å². The number of aromatic nitrogens is 4. The summed E-state index contributed by atoms with van der Waals surface area (Å²) in [5, 5.41) is 16.3. The van der Waals surface area contributed by atoms with Gasteiger partial charge in [0.1, 0.15) is 12.2 Å². The molecule has 2 aromatic heterocycles. The van der Waals surface area contributed by atoms with Gasteiger partial charge in [0.2, 0.25) is 11.8 Å². The minimum atomic E-state index is -2.67. The summed E-state index contributed by atoms with van der Waals surface area (Å²) in [5.41, 5.74) is 6.02. The van der Waals surface area contributed by atoms with Gasteiger partial charge in [-0.05, 0) is 6.92 Å². The second-order valence-electron chi connectivity index (χ2n) is 4.97. The molecule has 3 heterocycles. The van der Waals surface area contributed by atoms with Crippen LogP contribution >= 0.6 is 11.6 Å². The van der Waals surface area contributed by atoms with Gasteiger partial charge in [-0.15, -0.1) is 0 Å². The molecular weight excluding hydrogens is 333 g/mol. The molecule has 1 aliphatic rings. The van der Waals surface area contributed by atoms with Crippen LogP contribution in [0.25, 0.3) is 11.2 Å². The molecule has 0 spiro atoms. The predicted octanol–water partition coefficient (Wildman–Crippen LogP) is -0.0376. The van der Waals surface area contributed by atoms with E-state index < -0.39 is 30.2 Å². The molecule has 0 aliphatic carbocycles. The van der Waals surface area contributed by atoms with Crippen LogP contribution in [-0.4, -0.2) is 60.3 Å². The Bertz CT molecular complexity index is 727. The van der Waals surface area contributed by atoms with E-state index in [1.807, 2.05) is 0 Å². The normalized spacial score (nSPS) is 30.9. The molecule has 0 aromatic carbocycles. The first-order valence-corrected chi connectivity index (χ1v) is 7.23. The minimum absolute atomic E-state index is 0.0982. The molecule has 0 bridgehead atoms. The highest BCUT2D eigenvalue weighted by atomic mass is 35.5. The van der Waals surface area contributed by atoms with Crippen molar-refractivity contribution in [2.45, 2.75) is 30.5 Å². The summed E-state index contributed by atoms with van der Waals surface area (Å²) in [4.78, 5) is 12.0. The SMILES string of the molecule is CCOc1nc(N)nc2c1ncn2C1OC(CO)C(O)C1(F)Cl. The minimum Gasteiger partial charge on any atom is -0.476 e. The molecule has 23 heavy (non-hydrogen) atoms. The molecule has 4 atom stereocenters. The zero-order valence-corrected chi connectivity index (χ0v) is 12.8. The van der Waals surface area contributed by atoms with E-state index >= 15 is 0 Å². The zero-order valence-electron chi connectivity index (χ0n) is 12.1. The van der Waals surface area contributed by atoms with Crippen LogP contribution in [0.3, 0.4) is 0 Å². The van der Waals surface area contributed by atoms with Crippen molar-refractivity contribution in [2.24, 2.45) is 0 Å². The summed E-state index contributed by atoms with van der Waals surface area (Å²) in [5.74, 6) is 0.0454. The lowest BCUT2D eigenvalue weighted by Gasteiger charge is -2.22. The van der Waals surface area contributed by atoms with E-state index in [4.69, 9.17) is 31.9 Å².